The van der Waals surface area contributed by atoms with E-state index in [0.717, 1.165) is 0 Å². The van der Waals surface area contributed by atoms with Crippen LogP contribution >= 0.6 is 0 Å². The van der Waals surface area contributed by atoms with Crippen LogP contribution in [0.2, 0.25) is 0 Å². The number of nitro benzene ring substituents is 1. The number of hydrogen-bond donors (Lipinski definition) is 1. The summed E-state index contributed by atoms with van der Waals surface area (Å²) in [5.74, 6) is -0.105. The van der Waals surface area contributed by atoms with Crippen molar-refractivity contribution < 1.29 is 10.0 Å². The van der Waals surface area contributed by atoms with Gasteiger partial charge in [-0.15, -0.1) is 0 Å². The second-order valence-electron chi connectivity index (χ2n) is 3.65. The quantitative estimate of drug-likeness (QED) is 0.645. The molecule has 88 valence electrons. The van der Waals surface area contributed by atoms with Gasteiger partial charge in [-0.25, -0.2) is 0 Å². The predicted molar refractivity (Wildman–Crippen MR) is 64.9 cm³/mol. The molecule has 0 fully saturated rings. The molecule has 0 amide bonds. The standard InChI is InChI=1S/C13H8N2O3/c14-8-11-6-10(4-5-13(11)16)9-2-1-3-12(7-9)15(17)18/h1-7,16H. The van der Waals surface area contributed by atoms with Crippen LogP contribution in [0.15, 0.2) is 42.5 Å². The third kappa shape index (κ3) is 2.13. The van der Waals surface area contributed by atoms with Crippen LogP contribution in [0.4, 0.5) is 5.69 Å². The van der Waals surface area contributed by atoms with Gasteiger partial charge in [0.2, 0.25) is 0 Å². The van der Waals surface area contributed by atoms with E-state index in [0.29, 0.717) is 11.1 Å². The van der Waals surface area contributed by atoms with Crippen molar-refractivity contribution in [2.75, 3.05) is 0 Å². The summed E-state index contributed by atoms with van der Waals surface area (Å²) < 4.78 is 0. The number of non-ortho nitro benzene ring substituents is 1. The number of nitrogens with zero attached hydrogens (tertiary/aromatic N) is 2. The summed E-state index contributed by atoms with van der Waals surface area (Å²) in [6.07, 6.45) is 0. The summed E-state index contributed by atoms with van der Waals surface area (Å²) in [5, 5.41) is 28.9. The molecule has 0 unspecified atom stereocenters. The van der Waals surface area contributed by atoms with Crippen LogP contribution in [0.3, 0.4) is 0 Å². The van der Waals surface area contributed by atoms with Gasteiger partial charge in [-0.3, -0.25) is 10.1 Å². The Labute approximate surface area is 103 Å². The largest absolute Gasteiger partial charge is 0.507 e. The van der Waals surface area contributed by atoms with Gasteiger partial charge in [0.05, 0.1) is 10.5 Å². The Balaban J connectivity index is 2.52. The van der Waals surface area contributed by atoms with Gasteiger partial charge in [-0.05, 0) is 23.3 Å². The SMILES string of the molecule is N#Cc1cc(-c2cccc([N+](=O)[O-])c2)ccc1O. The maximum atomic E-state index is 10.7. The molecule has 5 heteroatoms. The molecule has 0 radical (unpaired) electrons. The summed E-state index contributed by atoms with van der Waals surface area (Å²) >= 11 is 0. The Hall–Kier alpha value is -2.87. The van der Waals surface area contributed by atoms with E-state index in [-0.39, 0.29) is 17.0 Å². The lowest BCUT2D eigenvalue weighted by Gasteiger charge is -2.03. The second-order valence-corrected chi connectivity index (χ2v) is 3.65. The molecule has 0 bridgehead atoms. The highest BCUT2D eigenvalue weighted by Crippen LogP contribution is 2.27. The van der Waals surface area contributed by atoms with Crippen LogP contribution in [0, 0.1) is 21.4 Å². The molecule has 0 heterocycles. The highest BCUT2D eigenvalue weighted by molar-refractivity contribution is 5.69. The molecule has 0 saturated heterocycles. The van der Waals surface area contributed by atoms with Crippen LogP contribution < -0.4 is 0 Å². The summed E-state index contributed by atoms with van der Waals surface area (Å²) in [4.78, 5) is 10.2. The van der Waals surface area contributed by atoms with Crippen molar-refractivity contribution >= 4 is 5.69 Å². The average molecular weight is 240 g/mol. The maximum Gasteiger partial charge on any atom is 0.270 e. The van der Waals surface area contributed by atoms with E-state index in [9.17, 15) is 15.2 Å². The smallest absolute Gasteiger partial charge is 0.270 e. The Morgan fingerprint density at radius 3 is 2.56 bits per heavy atom. The number of nitriles is 1. The fourth-order valence-electron chi connectivity index (χ4n) is 1.60. The fraction of sp³-hybridized carbons (Fsp3) is 0. The van der Waals surface area contributed by atoms with Crippen LogP contribution in [-0.2, 0) is 0 Å². The Morgan fingerprint density at radius 1 is 1.17 bits per heavy atom. The third-order valence-electron chi connectivity index (χ3n) is 2.51. The van der Waals surface area contributed by atoms with Crippen molar-refractivity contribution in [3.8, 4) is 22.9 Å². The number of phenolic OH excluding ortho intramolecular Hbond substituents is 1. The normalized spacial score (nSPS) is 9.72. The number of nitro groups is 1. The molecule has 0 aliphatic carbocycles. The van der Waals surface area contributed by atoms with Gasteiger partial charge in [0, 0.05) is 12.1 Å². The van der Waals surface area contributed by atoms with Crippen molar-refractivity contribution in [2.24, 2.45) is 0 Å². The molecule has 0 aromatic heterocycles. The van der Waals surface area contributed by atoms with Crippen molar-refractivity contribution in [1.82, 2.24) is 0 Å². The first kappa shape index (κ1) is 11.6. The topological polar surface area (TPSA) is 87.2 Å². The van der Waals surface area contributed by atoms with E-state index in [2.05, 4.69) is 0 Å². The average Bonchev–Trinajstić information content (AvgIpc) is 2.39. The van der Waals surface area contributed by atoms with Crippen LogP contribution in [-0.4, -0.2) is 10.0 Å². The minimum atomic E-state index is -0.477. The zero-order chi connectivity index (χ0) is 13.1. The molecule has 18 heavy (non-hydrogen) atoms. The third-order valence-corrected chi connectivity index (χ3v) is 2.51. The molecule has 0 saturated carbocycles. The van der Waals surface area contributed by atoms with Crippen LogP contribution in [0.25, 0.3) is 11.1 Å². The van der Waals surface area contributed by atoms with Gasteiger partial charge in [-0.1, -0.05) is 18.2 Å². The number of phenols is 1. The van der Waals surface area contributed by atoms with Crippen molar-refractivity contribution in [3.05, 3.63) is 58.1 Å². The summed E-state index contributed by atoms with van der Waals surface area (Å²) in [6.45, 7) is 0. The first-order valence-corrected chi connectivity index (χ1v) is 5.10. The van der Waals surface area contributed by atoms with E-state index >= 15 is 0 Å². The van der Waals surface area contributed by atoms with E-state index in [1.807, 2.05) is 6.07 Å². The van der Waals surface area contributed by atoms with Gasteiger partial charge in [-0.2, -0.15) is 5.26 Å². The molecule has 0 atom stereocenters. The minimum Gasteiger partial charge on any atom is -0.507 e. The number of rotatable bonds is 2. The first-order valence-electron chi connectivity index (χ1n) is 5.10. The Bertz CT molecular complexity index is 660. The second kappa shape index (κ2) is 4.55. The summed E-state index contributed by atoms with van der Waals surface area (Å²) in [5.41, 5.74) is 1.40. The molecule has 2 aromatic rings. The van der Waals surface area contributed by atoms with Gasteiger partial charge in [0.15, 0.2) is 0 Å². The van der Waals surface area contributed by atoms with Crippen molar-refractivity contribution in [1.29, 1.82) is 5.26 Å². The van der Waals surface area contributed by atoms with E-state index < -0.39 is 4.92 Å². The molecule has 1 N–H and O–H groups in total. The maximum absolute atomic E-state index is 10.7. The Kier molecular flexibility index (Phi) is 2.94. The van der Waals surface area contributed by atoms with Gasteiger partial charge < -0.3 is 5.11 Å². The minimum absolute atomic E-state index is 0.0147. The van der Waals surface area contributed by atoms with Gasteiger partial charge in [0.25, 0.3) is 5.69 Å². The lowest BCUT2D eigenvalue weighted by Crippen LogP contribution is -1.88. The van der Waals surface area contributed by atoms with Crippen molar-refractivity contribution in [3.63, 3.8) is 0 Å². The first-order chi connectivity index (χ1) is 8.61. The van der Waals surface area contributed by atoms with E-state index in [1.165, 1.54) is 24.3 Å². The predicted octanol–water partition coefficient (Wildman–Crippen LogP) is 2.84. The van der Waals surface area contributed by atoms with E-state index in [4.69, 9.17) is 5.26 Å². The zero-order valence-corrected chi connectivity index (χ0v) is 9.20. The molecule has 2 aromatic carbocycles. The number of benzene rings is 2. The van der Waals surface area contributed by atoms with Crippen molar-refractivity contribution in [2.45, 2.75) is 0 Å². The molecule has 0 aliphatic rings. The van der Waals surface area contributed by atoms with Crippen LogP contribution in [0.5, 0.6) is 5.75 Å². The molecule has 0 spiro atoms. The molecule has 0 aliphatic heterocycles. The van der Waals surface area contributed by atoms with E-state index in [1.54, 1.807) is 18.2 Å². The summed E-state index contributed by atoms with van der Waals surface area (Å²) in [7, 11) is 0. The molecular weight excluding hydrogens is 232 g/mol. The lowest BCUT2D eigenvalue weighted by molar-refractivity contribution is -0.384. The molecule has 2 rings (SSSR count). The monoisotopic (exact) mass is 240 g/mol. The fourth-order valence-corrected chi connectivity index (χ4v) is 1.60. The summed E-state index contributed by atoms with van der Waals surface area (Å²) in [6, 6.07) is 12.5. The highest BCUT2D eigenvalue weighted by atomic mass is 16.6. The van der Waals surface area contributed by atoms with Crippen LogP contribution in [0.1, 0.15) is 5.56 Å². The molecular formula is C13H8N2O3. The van der Waals surface area contributed by atoms with Gasteiger partial charge >= 0.3 is 0 Å². The number of hydrogen-bond acceptors (Lipinski definition) is 4. The van der Waals surface area contributed by atoms with Gasteiger partial charge in [0.1, 0.15) is 11.8 Å². The Morgan fingerprint density at radius 2 is 1.89 bits per heavy atom. The highest BCUT2D eigenvalue weighted by Gasteiger charge is 2.08. The number of aromatic hydroxyl groups is 1. The zero-order valence-electron chi connectivity index (χ0n) is 9.20. The molecule has 5 nitrogen and oxygen atoms in total. The lowest BCUT2D eigenvalue weighted by atomic mass is 10.0.